The maximum atomic E-state index is 10.7. The van der Waals surface area contributed by atoms with Gasteiger partial charge in [0.1, 0.15) is 12.3 Å². The predicted octanol–water partition coefficient (Wildman–Crippen LogP) is 0.528. The van der Waals surface area contributed by atoms with E-state index in [-0.39, 0.29) is 12.3 Å². The van der Waals surface area contributed by atoms with Crippen molar-refractivity contribution >= 4 is 5.97 Å². The highest BCUT2D eigenvalue weighted by atomic mass is 16.5. The van der Waals surface area contributed by atoms with Crippen LogP contribution in [-0.2, 0) is 9.53 Å². The number of rotatable bonds is 3. The Labute approximate surface area is 72.1 Å². The summed E-state index contributed by atoms with van der Waals surface area (Å²) in [6.07, 6.45) is 1.51. The summed E-state index contributed by atoms with van der Waals surface area (Å²) in [6, 6.07) is -0.347. The molecule has 0 aromatic carbocycles. The maximum absolute atomic E-state index is 10.7. The van der Waals surface area contributed by atoms with Crippen molar-refractivity contribution in [2.24, 2.45) is 0 Å². The molecule has 0 aromatic rings. The van der Waals surface area contributed by atoms with E-state index >= 15 is 0 Å². The molecule has 0 amide bonds. The minimum atomic E-state index is -0.739. The molecule has 0 spiro atoms. The molecule has 0 aliphatic carbocycles. The first kappa shape index (κ1) is 9.48. The van der Waals surface area contributed by atoms with E-state index in [0.29, 0.717) is 6.42 Å². The summed E-state index contributed by atoms with van der Waals surface area (Å²) >= 11 is 0. The van der Waals surface area contributed by atoms with Gasteiger partial charge in [-0.25, -0.2) is 0 Å². The van der Waals surface area contributed by atoms with Crippen LogP contribution in [0.25, 0.3) is 0 Å². The number of methoxy groups -OCH3 is 1. The molecule has 0 saturated carbocycles. The van der Waals surface area contributed by atoms with Gasteiger partial charge in [0, 0.05) is 7.11 Å². The molecule has 1 aliphatic heterocycles. The molecule has 0 radical (unpaired) electrons. The Hall–Kier alpha value is -0.610. The van der Waals surface area contributed by atoms with Gasteiger partial charge in [-0.2, -0.15) is 0 Å². The molecule has 4 nitrogen and oxygen atoms in total. The van der Waals surface area contributed by atoms with Gasteiger partial charge in [0.15, 0.2) is 0 Å². The van der Waals surface area contributed by atoms with Crippen molar-refractivity contribution in [3.8, 4) is 0 Å². The van der Waals surface area contributed by atoms with Crippen LogP contribution in [0.1, 0.15) is 19.8 Å². The Balaban J connectivity index is 2.62. The lowest BCUT2D eigenvalue weighted by molar-refractivity contribution is -0.145. The van der Waals surface area contributed by atoms with Crippen LogP contribution < -0.4 is 0 Å². The van der Waals surface area contributed by atoms with Crippen LogP contribution >= 0.6 is 0 Å². The van der Waals surface area contributed by atoms with Gasteiger partial charge < -0.3 is 9.84 Å². The van der Waals surface area contributed by atoms with E-state index in [4.69, 9.17) is 9.84 Å². The molecule has 70 valence electrons. The lowest BCUT2D eigenvalue weighted by atomic mass is 10.2. The number of likely N-dealkylation sites (N-methyl/N-ethyl adjacent to an activating group) is 1. The van der Waals surface area contributed by atoms with Crippen LogP contribution in [0.15, 0.2) is 0 Å². The van der Waals surface area contributed by atoms with Crippen molar-refractivity contribution in [2.75, 3.05) is 13.7 Å². The fourth-order valence-electron chi connectivity index (χ4n) is 1.78. The molecular formula is C8H15NO3. The molecular weight excluding hydrogens is 158 g/mol. The van der Waals surface area contributed by atoms with E-state index in [9.17, 15) is 4.79 Å². The summed E-state index contributed by atoms with van der Waals surface area (Å²) in [7, 11) is 1.62. The molecule has 1 N–H and O–H groups in total. The van der Waals surface area contributed by atoms with E-state index in [0.717, 1.165) is 13.0 Å². The molecule has 1 rings (SSSR count). The molecule has 0 aromatic heterocycles. The van der Waals surface area contributed by atoms with E-state index in [1.54, 1.807) is 7.11 Å². The lowest BCUT2D eigenvalue weighted by Gasteiger charge is -2.24. The highest BCUT2D eigenvalue weighted by Crippen LogP contribution is 2.23. The second-order valence-electron chi connectivity index (χ2n) is 2.95. The minimum Gasteiger partial charge on any atom is -0.480 e. The van der Waals surface area contributed by atoms with Gasteiger partial charge in [-0.1, -0.05) is 6.92 Å². The summed E-state index contributed by atoms with van der Waals surface area (Å²) in [6.45, 7) is 2.68. The lowest BCUT2D eigenvalue weighted by Crippen LogP contribution is -2.41. The van der Waals surface area contributed by atoms with E-state index in [1.165, 1.54) is 0 Å². The third kappa shape index (κ3) is 1.59. The zero-order valence-corrected chi connectivity index (χ0v) is 7.49. The molecule has 1 saturated heterocycles. The summed E-state index contributed by atoms with van der Waals surface area (Å²) in [5.41, 5.74) is 0. The van der Waals surface area contributed by atoms with Crippen LogP contribution in [0, 0.1) is 0 Å². The Morgan fingerprint density at radius 2 is 2.33 bits per heavy atom. The maximum Gasteiger partial charge on any atom is 0.320 e. The number of carboxylic acid groups (broad SMARTS) is 1. The third-order valence-electron chi connectivity index (χ3n) is 2.38. The van der Waals surface area contributed by atoms with Crippen molar-refractivity contribution in [2.45, 2.75) is 32.0 Å². The second kappa shape index (κ2) is 3.87. The highest BCUT2D eigenvalue weighted by Gasteiger charge is 2.36. The number of likely N-dealkylation sites (tertiary alicyclic amines) is 1. The molecule has 0 bridgehead atoms. The number of carboxylic acids is 1. The van der Waals surface area contributed by atoms with Gasteiger partial charge in [-0.3, -0.25) is 9.69 Å². The molecule has 1 aliphatic rings. The van der Waals surface area contributed by atoms with Crippen molar-refractivity contribution in [1.82, 2.24) is 4.90 Å². The predicted molar refractivity (Wildman–Crippen MR) is 43.8 cm³/mol. The molecule has 1 fully saturated rings. The van der Waals surface area contributed by atoms with E-state index < -0.39 is 5.97 Å². The zero-order chi connectivity index (χ0) is 9.14. The molecule has 1 unspecified atom stereocenters. The highest BCUT2D eigenvalue weighted by molar-refractivity contribution is 5.73. The van der Waals surface area contributed by atoms with Crippen LogP contribution in [-0.4, -0.2) is 41.9 Å². The van der Waals surface area contributed by atoms with Crippen LogP contribution in [0.4, 0.5) is 0 Å². The summed E-state index contributed by atoms with van der Waals surface area (Å²) < 4.78 is 5.16. The first-order valence-corrected chi connectivity index (χ1v) is 4.22. The Morgan fingerprint density at radius 3 is 2.75 bits per heavy atom. The molecule has 12 heavy (non-hydrogen) atoms. The third-order valence-corrected chi connectivity index (χ3v) is 2.38. The van der Waals surface area contributed by atoms with Crippen molar-refractivity contribution in [1.29, 1.82) is 0 Å². The minimum absolute atomic E-state index is 0.00361. The quantitative estimate of drug-likeness (QED) is 0.676. The number of hydrogen-bond acceptors (Lipinski definition) is 3. The molecule has 1 heterocycles. The van der Waals surface area contributed by atoms with Crippen molar-refractivity contribution in [3.05, 3.63) is 0 Å². The molecule has 2 atom stereocenters. The Bertz CT molecular complexity index is 172. The molecule has 4 heteroatoms. The largest absolute Gasteiger partial charge is 0.480 e. The average molecular weight is 173 g/mol. The van der Waals surface area contributed by atoms with E-state index in [2.05, 4.69) is 0 Å². The SMILES string of the molecule is CCN1C(OC)CC[C@H]1C(=O)O. The van der Waals surface area contributed by atoms with Gasteiger partial charge in [0.25, 0.3) is 0 Å². The second-order valence-corrected chi connectivity index (χ2v) is 2.95. The first-order chi connectivity index (χ1) is 5.70. The van der Waals surface area contributed by atoms with Crippen molar-refractivity contribution in [3.63, 3.8) is 0 Å². The van der Waals surface area contributed by atoms with Gasteiger partial charge in [0.05, 0.1) is 0 Å². The van der Waals surface area contributed by atoms with E-state index in [1.807, 2.05) is 11.8 Å². The van der Waals surface area contributed by atoms with Gasteiger partial charge in [-0.15, -0.1) is 0 Å². The number of ether oxygens (including phenoxy) is 1. The standard InChI is InChI=1S/C8H15NO3/c1-3-9-6(8(10)11)4-5-7(9)12-2/h6-7H,3-5H2,1-2H3,(H,10,11)/t6-,7?/m0/s1. The first-order valence-electron chi connectivity index (χ1n) is 4.22. The number of nitrogens with zero attached hydrogens (tertiary/aromatic N) is 1. The Morgan fingerprint density at radius 1 is 1.67 bits per heavy atom. The van der Waals surface area contributed by atoms with Gasteiger partial charge in [-0.05, 0) is 19.4 Å². The monoisotopic (exact) mass is 173 g/mol. The smallest absolute Gasteiger partial charge is 0.320 e. The van der Waals surface area contributed by atoms with Gasteiger partial charge >= 0.3 is 5.97 Å². The zero-order valence-electron chi connectivity index (χ0n) is 7.49. The average Bonchev–Trinajstić information content (AvgIpc) is 2.46. The Kier molecular flexibility index (Phi) is 3.05. The topological polar surface area (TPSA) is 49.8 Å². The number of carbonyl (C=O) groups is 1. The number of hydrogen-bond donors (Lipinski definition) is 1. The van der Waals surface area contributed by atoms with Crippen LogP contribution in [0.3, 0.4) is 0 Å². The summed E-state index contributed by atoms with van der Waals surface area (Å²) in [4.78, 5) is 12.6. The summed E-state index contributed by atoms with van der Waals surface area (Å²) in [5.74, 6) is -0.739. The number of aliphatic carboxylic acids is 1. The van der Waals surface area contributed by atoms with Gasteiger partial charge in [0.2, 0.25) is 0 Å². The van der Waals surface area contributed by atoms with Crippen LogP contribution in [0.2, 0.25) is 0 Å². The fourth-order valence-corrected chi connectivity index (χ4v) is 1.78. The fraction of sp³-hybridized carbons (Fsp3) is 0.875. The van der Waals surface area contributed by atoms with Crippen molar-refractivity contribution < 1.29 is 14.6 Å². The normalized spacial score (nSPS) is 30.8. The summed E-state index contributed by atoms with van der Waals surface area (Å²) in [5, 5.41) is 8.83. The van der Waals surface area contributed by atoms with Crippen LogP contribution in [0.5, 0.6) is 0 Å².